The van der Waals surface area contributed by atoms with E-state index in [1.54, 1.807) is 0 Å². The molecule has 0 saturated heterocycles. The molecule has 1 aromatic heterocycles. The molecule has 1 unspecified atom stereocenters. The van der Waals surface area contributed by atoms with Gasteiger partial charge in [0, 0.05) is 23.1 Å². The number of hydrogen-bond donors (Lipinski definition) is 3. The van der Waals surface area contributed by atoms with Crippen molar-refractivity contribution in [3.05, 3.63) is 11.8 Å². The molecule has 0 saturated carbocycles. The zero-order valence-corrected chi connectivity index (χ0v) is 11.0. The number of carbonyl (C=O) groups excluding carboxylic acids is 1. The van der Waals surface area contributed by atoms with Crippen LogP contribution in [0.15, 0.2) is 6.07 Å². The number of nitrogens with one attached hydrogen (secondary N) is 2. The minimum atomic E-state index is -0.0882. The molecule has 1 atom stereocenters. The molecule has 1 amide bonds. The summed E-state index contributed by atoms with van der Waals surface area (Å²) in [5, 5.41) is 9.79. The van der Waals surface area contributed by atoms with E-state index in [1.165, 1.54) is 0 Å². The molecule has 96 valence electrons. The summed E-state index contributed by atoms with van der Waals surface area (Å²) in [6.45, 7) is 8.64. The van der Waals surface area contributed by atoms with Gasteiger partial charge in [-0.2, -0.15) is 5.10 Å². The van der Waals surface area contributed by atoms with Gasteiger partial charge in [0.2, 0.25) is 5.91 Å². The molecule has 5 heteroatoms. The normalized spacial score (nSPS) is 13.5. The second-order valence-electron chi connectivity index (χ2n) is 5.38. The SMILES string of the molecule is CC(CCN)C(=O)Nc1cc(C(C)(C)C)[nH]n1. The largest absolute Gasteiger partial charge is 0.330 e. The first-order valence-electron chi connectivity index (χ1n) is 5.91. The van der Waals surface area contributed by atoms with Crippen molar-refractivity contribution in [3.63, 3.8) is 0 Å². The van der Waals surface area contributed by atoms with E-state index in [-0.39, 0.29) is 17.2 Å². The van der Waals surface area contributed by atoms with Gasteiger partial charge in [-0.1, -0.05) is 27.7 Å². The van der Waals surface area contributed by atoms with E-state index in [9.17, 15) is 4.79 Å². The summed E-state index contributed by atoms with van der Waals surface area (Å²) in [7, 11) is 0. The molecule has 0 aliphatic rings. The minimum Gasteiger partial charge on any atom is -0.330 e. The quantitative estimate of drug-likeness (QED) is 0.745. The zero-order valence-electron chi connectivity index (χ0n) is 11.0. The van der Waals surface area contributed by atoms with Gasteiger partial charge in [-0.15, -0.1) is 0 Å². The third-order valence-corrected chi connectivity index (χ3v) is 2.68. The molecule has 17 heavy (non-hydrogen) atoms. The molecular weight excluding hydrogens is 216 g/mol. The Morgan fingerprint density at radius 1 is 1.59 bits per heavy atom. The Morgan fingerprint density at radius 3 is 2.71 bits per heavy atom. The summed E-state index contributed by atoms with van der Waals surface area (Å²) in [4.78, 5) is 11.7. The van der Waals surface area contributed by atoms with Crippen molar-refractivity contribution < 1.29 is 4.79 Å². The van der Waals surface area contributed by atoms with E-state index < -0.39 is 0 Å². The van der Waals surface area contributed by atoms with Crippen molar-refractivity contribution in [1.29, 1.82) is 0 Å². The van der Waals surface area contributed by atoms with Crippen LogP contribution in [0.2, 0.25) is 0 Å². The third-order valence-electron chi connectivity index (χ3n) is 2.68. The number of nitrogens with zero attached hydrogens (tertiary/aromatic N) is 1. The monoisotopic (exact) mass is 238 g/mol. The van der Waals surface area contributed by atoms with Crippen LogP contribution in [0.3, 0.4) is 0 Å². The Hall–Kier alpha value is -1.36. The van der Waals surface area contributed by atoms with Crippen molar-refractivity contribution in [3.8, 4) is 0 Å². The average Bonchev–Trinajstić information content (AvgIpc) is 2.66. The highest BCUT2D eigenvalue weighted by Gasteiger charge is 2.18. The van der Waals surface area contributed by atoms with Crippen LogP contribution in [-0.2, 0) is 10.2 Å². The Labute approximate surface area is 102 Å². The number of amides is 1. The third kappa shape index (κ3) is 3.85. The lowest BCUT2D eigenvalue weighted by molar-refractivity contribution is -0.119. The van der Waals surface area contributed by atoms with Gasteiger partial charge in [-0.25, -0.2) is 0 Å². The van der Waals surface area contributed by atoms with Crippen molar-refractivity contribution in [2.24, 2.45) is 11.7 Å². The van der Waals surface area contributed by atoms with Crippen LogP contribution in [0, 0.1) is 5.92 Å². The molecule has 0 bridgehead atoms. The first-order valence-corrected chi connectivity index (χ1v) is 5.91. The summed E-state index contributed by atoms with van der Waals surface area (Å²) in [5.74, 6) is 0.445. The maximum absolute atomic E-state index is 11.7. The second kappa shape index (κ2) is 5.31. The minimum absolute atomic E-state index is 0.00114. The van der Waals surface area contributed by atoms with Gasteiger partial charge >= 0.3 is 0 Å². The molecule has 0 radical (unpaired) electrons. The number of carbonyl (C=O) groups is 1. The number of H-pyrrole nitrogens is 1. The predicted molar refractivity (Wildman–Crippen MR) is 68.8 cm³/mol. The molecule has 1 aromatic rings. The van der Waals surface area contributed by atoms with Gasteiger partial charge in [0.1, 0.15) is 0 Å². The van der Waals surface area contributed by atoms with E-state index >= 15 is 0 Å². The number of nitrogens with two attached hydrogens (primary N) is 1. The second-order valence-corrected chi connectivity index (χ2v) is 5.38. The Bertz CT molecular complexity index is 378. The van der Waals surface area contributed by atoms with Gasteiger partial charge in [0.05, 0.1) is 0 Å². The Kier molecular flexibility index (Phi) is 4.28. The highest BCUT2D eigenvalue weighted by molar-refractivity contribution is 5.91. The molecule has 0 fully saturated rings. The number of hydrogen-bond acceptors (Lipinski definition) is 3. The molecule has 0 aliphatic carbocycles. The van der Waals surface area contributed by atoms with E-state index in [4.69, 9.17) is 5.73 Å². The number of aromatic nitrogens is 2. The van der Waals surface area contributed by atoms with Crippen LogP contribution in [0.5, 0.6) is 0 Å². The number of anilines is 1. The number of rotatable bonds is 4. The van der Waals surface area contributed by atoms with Gasteiger partial charge in [-0.3, -0.25) is 9.89 Å². The van der Waals surface area contributed by atoms with Crippen LogP contribution >= 0.6 is 0 Å². The Balaban J connectivity index is 2.64. The highest BCUT2D eigenvalue weighted by Crippen LogP contribution is 2.22. The van der Waals surface area contributed by atoms with Crippen molar-refractivity contribution in [2.75, 3.05) is 11.9 Å². The van der Waals surface area contributed by atoms with E-state index in [0.29, 0.717) is 18.8 Å². The van der Waals surface area contributed by atoms with Gasteiger partial charge in [-0.05, 0) is 13.0 Å². The Morgan fingerprint density at radius 2 is 2.24 bits per heavy atom. The van der Waals surface area contributed by atoms with Crippen LogP contribution in [-0.4, -0.2) is 22.6 Å². The summed E-state index contributed by atoms with van der Waals surface area (Å²) < 4.78 is 0. The molecule has 4 N–H and O–H groups in total. The maximum atomic E-state index is 11.7. The van der Waals surface area contributed by atoms with Gasteiger partial charge in [0.25, 0.3) is 0 Å². The van der Waals surface area contributed by atoms with Crippen LogP contribution < -0.4 is 11.1 Å². The molecule has 1 rings (SSSR count). The lowest BCUT2D eigenvalue weighted by Crippen LogP contribution is -2.22. The van der Waals surface area contributed by atoms with Crippen molar-refractivity contribution in [1.82, 2.24) is 10.2 Å². The van der Waals surface area contributed by atoms with Crippen molar-refractivity contribution >= 4 is 11.7 Å². The van der Waals surface area contributed by atoms with Crippen LogP contribution in [0.25, 0.3) is 0 Å². The van der Waals surface area contributed by atoms with Gasteiger partial charge < -0.3 is 11.1 Å². The standard InChI is InChI=1S/C12H22N4O/c1-8(5-6-13)11(17)14-10-7-9(15-16-10)12(2,3)4/h7-8H,5-6,13H2,1-4H3,(H2,14,15,16,17). The first kappa shape index (κ1) is 13.7. The van der Waals surface area contributed by atoms with E-state index in [2.05, 4.69) is 36.3 Å². The lowest BCUT2D eigenvalue weighted by atomic mass is 9.92. The first-order chi connectivity index (χ1) is 7.84. The summed E-state index contributed by atoms with van der Waals surface area (Å²) >= 11 is 0. The van der Waals surface area contributed by atoms with Crippen LogP contribution in [0.1, 0.15) is 39.8 Å². The predicted octanol–water partition coefficient (Wildman–Crippen LogP) is 1.63. The molecule has 5 nitrogen and oxygen atoms in total. The molecule has 1 heterocycles. The summed E-state index contributed by atoms with van der Waals surface area (Å²) in [6.07, 6.45) is 0.683. The summed E-state index contributed by atoms with van der Waals surface area (Å²) in [6, 6.07) is 1.87. The van der Waals surface area contributed by atoms with E-state index in [0.717, 1.165) is 5.69 Å². The van der Waals surface area contributed by atoms with Crippen molar-refractivity contribution in [2.45, 2.75) is 39.5 Å². The molecule has 0 aromatic carbocycles. The number of aromatic amines is 1. The van der Waals surface area contributed by atoms with Crippen LogP contribution in [0.4, 0.5) is 5.82 Å². The van der Waals surface area contributed by atoms with E-state index in [1.807, 2.05) is 13.0 Å². The lowest BCUT2D eigenvalue weighted by Gasteiger charge is -2.14. The fourth-order valence-corrected chi connectivity index (χ4v) is 1.40. The summed E-state index contributed by atoms with van der Waals surface area (Å²) in [5.41, 5.74) is 6.42. The molecular formula is C12H22N4O. The maximum Gasteiger partial charge on any atom is 0.228 e. The smallest absolute Gasteiger partial charge is 0.228 e. The topological polar surface area (TPSA) is 83.8 Å². The fraction of sp³-hybridized carbons (Fsp3) is 0.667. The fourth-order valence-electron chi connectivity index (χ4n) is 1.40. The van der Waals surface area contributed by atoms with Gasteiger partial charge in [0.15, 0.2) is 5.82 Å². The highest BCUT2D eigenvalue weighted by atomic mass is 16.1. The molecule has 0 spiro atoms. The average molecular weight is 238 g/mol. The zero-order chi connectivity index (χ0) is 13.1. The molecule has 0 aliphatic heterocycles.